The average molecular weight is 277 g/mol. The second kappa shape index (κ2) is 7.38. The number of anilines is 1. The highest BCUT2D eigenvalue weighted by atomic mass is 16.5. The Morgan fingerprint density at radius 3 is 2.65 bits per heavy atom. The van der Waals surface area contributed by atoms with Crippen LogP contribution in [0.25, 0.3) is 0 Å². The maximum atomic E-state index is 12.1. The van der Waals surface area contributed by atoms with Crippen LogP contribution in [0, 0.1) is 0 Å². The number of ether oxygens (including phenoxy) is 1. The summed E-state index contributed by atoms with van der Waals surface area (Å²) in [5.74, 6) is 0.0218. The van der Waals surface area contributed by atoms with Crippen molar-refractivity contribution in [2.75, 3.05) is 32.1 Å². The number of methoxy groups -OCH3 is 1. The largest absolute Gasteiger partial charge is 0.383 e. The molecule has 1 aliphatic carbocycles. The highest BCUT2D eigenvalue weighted by Crippen LogP contribution is 2.26. The van der Waals surface area contributed by atoms with Gasteiger partial charge >= 0.3 is 0 Å². The van der Waals surface area contributed by atoms with Gasteiger partial charge in [0, 0.05) is 31.9 Å². The van der Waals surface area contributed by atoms with Crippen LogP contribution in [0.4, 0.5) is 5.69 Å². The van der Waals surface area contributed by atoms with Crippen molar-refractivity contribution in [2.45, 2.75) is 25.4 Å². The van der Waals surface area contributed by atoms with Crippen LogP contribution in [-0.4, -0.2) is 43.7 Å². The Labute approximate surface area is 120 Å². The number of nitrogens with zero attached hydrogens (tertiary/aromatic N) is 1. The number of hydrogen-bond acceptors (Lipinski definition) is 4. The lowest BCUT2D eigenvalue weighted by atomic mass is 10.2. The standard InChI is InChI=1S/C15H23N3O2/c1-20-9-8-18(14-6-7-14)11-15(19)17-13-4-2-12(10-16)3-5-13/h2-5,14H,6-11,16H2,1H3,(H,17,19). The van der Waals surface area contributed by atoms with E-state index >= 15 is 0 Å². The van der Waals surface area contributed by atoms with Crippen LogP contribution < -0.4 is 11.1 Å². The molecule has 0 unspecified atom stereocenters. The van der Waals surface area contributed by atoms with Gasteiger partial charge in [0.1, 0.15) is 0 Å². The SMILES string of the molecule is COCCN(CC(=O)Nc1ccc(CN)cc1)C1CC1. The van der Waals surface area contributed by atoms with E-state index < -0.39 is 0 Å². The molecule has 20 heavy (non-hydrogen) atoms. The third-order valence-electron chi connectivity index (χ3n) is 3.47. The van der Waals surface area contributed by atoms with Crippen molar-refractivity contribution >= 4 is 11.6 Å². The van der Waals surface area contributed by atoms with Crippen LogP contribution >= 0.6 is 0 Å². The van der Waals surface area contributed by atoms with Gasteiger partial charge in [-0.3, -0.25) is 9.69 Å². The number of amides is 1. The van der Waals surface area contributed by atoms with Gasteiger partial charge in [0.05, 0.1) is 13.2 Å². The summed E-state index contributed by atoms with van der Waals surface area (Å²) in [6.45, 7) is 2.41. The molecule has 0 radical (unpaired) electrons. The maximum absolute atomic E-state index is 12.1. The molecule has 5 heteroatoms. The molecule has 1 aromatic carbocycles. The second-order valence-electron chi connectivity index (χ2n) is 5.14. The highest BCUT2D eigenvalue weighted by molar-refractivity contribution is 5.92. The molecule has 5 nitrogen and oxygen atoms in total. The van der Waals surface area contributed by atoms with E-state index in [0.29, 0.717) is 25.7 Å². The molecule has 1 aliphatic rings. The lowest BCUT2D eigenvalue weighted by molar-refractivity contribution is -0.117. The zero-order valence-electron chi connectivity index (χ0n) is 12.0. The molecule has 3 N–H and O–H groups in total. The molecule has 0 spiro atoms. The first kappa shape index (κ1) is 15.0. The van der Waals surface area contributed by atoms with Crippen LogP contribution in [0.2, 0.25) is 0 Å². The smallest absolute Gasteiger partial charge is 0.238 e. The molecule has 0 aromatic heterocycles. The molecule has 1 saturated carbocycles. The Hall–Kier alpha value is -1.43. The Bertz CT molecular complexity index is 429. The Kier molecular flexibility index (Phi) is 5.52. The van der Waals surface area contributed by atoms with Gasteiger partial charge in [0.25, 0.3) is 0 Å². The Morgan fingerprint density at radius 1 is 1.40 bits per heavy atom. The van der Waals surface area contributed by atoms with Crippen molar-refractivity contribution < 1.29 is 9.53 Å². The Morgan fingerprint density at radius 2 is 2.10 bits per heavy atom. The van der Waals surface area contributed by atoms with Crippen LogP contribution in [0.5, 0.6) is 0 Å². The minimum absolute atomic E-state index is 0.0218. The predicted octanol–water partition coefficient (Wildman–Crippen LogP) is 1.19. The predicted molar refractivity (Wildman–Crippen MR) is 79.4 cm³/mol. The van der Waals surface area contributed by atoms with Gasteiger partial charge in [0.2, 0.25) is 5.91 Å². The molecule has 0 atom stereocenters. The van der Waals surface area contributed by atoms with Crippen molar-refractivity contribution in [3.05, 3.63) is 29.8 Å². The zero-order chi connectivity index (χ0) is 14.4. The van der Waals surface area contributed by atoms with Gasteiger partial charge in [-0.05, 0) is 30.5 Å². The number of rotatable bonds is 8. The van der Waals surface area contributed by atoms with Crippen molar-refractivity contribution in [1.29, 1.82) is 0 Å². The van der Waals surface area contributed by atoms with E-state index in [-0.39, 0.29) is 5.91 Å². The molecule has 0 aliphatic heterocycles. The summed E-state index contributed by atoms with van der Waals surface area (Å²) in [4.78, 5) is 14.2. The van der Waals surface area contributed by atoms with Gasteiger partial charge < -0.3 is 15.8 Å². The fraction of sp³-hybridized carbons (Fsp3) is 0.533. The number of carbonyl (C=O) groups is 1. The van der Waals surface area contributed by atoms with Gasteiger partial charge in [-0.25, -0.2) is 0 Å². The number of benzene rings is 1. The topological polar surface area (TPSA) is 67.6 Å². The molecule has 0 heterocycles. The van der Waals surface area contributed by atoms with E-state index in [4.69, 9.17) is 10.5 Å². The van der Waals surface area contributed by atoms with E-state index in [0.717, 1.165) is 17.8 Å². The molecule has 1 fully saturated rings. The number of hydrogen-bond donors (Lipinski definition) is 2. The lowest BCUT2D eigenvalue weighted by Crippen LogP contribution is -2.37. The summed E-state index contributed by atoms with van der Waals surface area (Å²) in [6, 6.07) is 8.18. The van der Waals surface area contributed by atoms with Crippen LogP contribution in [0.3, 0.4) is 0 Å². The summed E-state index contributed by atoms with van der Waals surface area (Å²) in [5, 5.41) is 2.92. The lowest BCUT2D eigenvalue weighted by Gasteiger charge is -2.20. The molecule has 1 amide bonds. The van der Waals surface area contributed by atoms with E-state index in [1.54, 1.807) is 7.11 Å². The number of nitrogens with one attached hydrogen (secondary N) is 1. The van der Waals surface area contributed by atoms with Crippen LogP contribution in [0.1, 0.15) is 18.4 Å². The van der Waals surface area contributed by atoms with Gasteiger partial charge in [-0.15, -0.1) is 0 Å². The van der Waals surface area contributed by atoms with Gasteiger partial charge in [-0.1, -0.05) is 12.1 Å². The Balaban J connectivity index is 1.83. The molecular formula is C15H23N3O2. The average Bonchev–Trinajstić information content (AvgIpc) is 3.29. The highest BCUT2D eigenvalue weighted by Gasteiger charge is 2.29. The number of nitrogens with two attached hydrogens (primary N) is 1. The van der Waals surface area contributed by atoms with E-state index in [1.165, 1.54) is 12.8 Å². The van der Waals surface area contributed by atoms with Crippen LogP contribution in [-0.2, 0) is 16.1 Å². The van der Waals surface area contributed by atoms with Crippen molar-refractivity contribution in [2.24, 2.45) is 5.73 Å². The summed E-state index contributed by atoms with van der Waals surface area (Å²) in [6.07, 6.45) is 2.37. The normalized spacial score (nSPS) is 14.6. The molecule has 2 rings (SSSR count). The van der Waals surface area contributed by atoms with E-state index in [9.17, 15) is 4.79 Å². The third-order valence-corrected chi connectivity index (χ3v) is 3.47. The molecular weight excluding hydrogens is 254 g/mol. The molecule has 0 bridgehead atoms. The minimum Gasteiger partial charge on any atom is -0.383 e. The summed E-state index contributed by atoms with van der Waals surface area (Å²) >= 11 is 0. The minimum atomic E-state index is 0.0218. The van der Waals surface area contributed by atoms with E-state index in [1.807, 2.05) is 24.3 Å². The van der Waals surface area contributed by atoms with Crippen LogP contribution in [0.15, 0.2) is 24.3 Å². The quantitative estimate of drug-likeness (QED) is 0.749. The maximum Gasteiger partial charge on any atom is 0.238 e. The first-order valence-corrected chi connectivity index (χ1v) is 7.04. The first-order chi connectivity index (χ1) is 9.72. The fourth-order valence-corrected chi connectivity index (χ4v) is 2.15. The molecule has 1 aromatic rings. The van der Waals surface area contributed by atoms with Crippen molar-refractivity contribution in [3.63, 3.8) is 0 Å². The number of carbonyl (C=O) groups excluding carboxylic acids is 1. The van der Waals surface area contributed by atoms with E-state index in [2.05, 4.69) is 10.2 Å². The van der Waals surface area contributed by atoms with Crippen molar-refractivity contribution in [1.82, 2.24) is 4.90 Å². The van der Waals surface area contributed by atoms with Gasteiger partial charge in [-0.2, -0.15) is 0 Å². The van der Waals surface area contributed by atoms with Crippen molar-refractivity contribution in [3.8, 4) is 0 Å². The summed E-state index contributed by atoms with van der Waals surface area (Å²) < 4.78 is 5.09. The second-order valence-corrected chi connectivity index (χ2v) is 5.14. The zero-order valence-corrected chi connectivity index (χ0v) is 12.0. The third kappa shape index (κ3) is 4.59. The summed E-state index contributed by atoms with van der Waals surface area (Å²) in [5.41, 5.74) is 7.42. The first-order valence-electron chi connectivity index (χ1n) is 7.04. The summed E-state index contributed by atoms with van der Waals surface area (Å²) in [7, 11) is 1.68. The van der Waals surface area contributed by atoms with Gasteiger partial charge in [0.15, 0.2) is 0 Å². The monoisotopic (exact) mass is 277 g/mol. The molecule has 0 saturated heterocycles. The molecule has 110 valence electrons. The fourth-order valence-electron chi connectivity index (χ4n) is 2.15.